The van der Waals surface area contributed by atoms with Crippen molar-refractivity contribution in [2.24, 2.45) is 10.9 Å². The highest BCUT2D eigenvalue weighted by atomic mass is 127. The molecule has 0 saturated carbocycles. The maximum absolute atomic E-state index is 4.70. The van der Waals surface area contributed by atoms with Crippen LogP contribution in [-0.2, 0) is 0 Å². The van der Waals surface area contributed by atoms with E-state index in [0.29, 0.717) is 0 Å². The van der Waals surface area contributed by atoms with Crippen LogP contribution in [0.25, 0.3) is 0 Å². The van der Waals surface area contributed by atoms with Crippen molar-refractivity contribution >= 4 is 41.7 Å². The number of nitrogens with one attached hydrogen (secondary N) is 2. The van der Waals surface area contributed by atoms with Crippen LogP contribution in [0.2, 0.25) is 0 Å². The highest BCUT2D eigenvalue weighted by Gasteiger charge is 2.16. The third kappa shape index (κ3) is 8.96. The molecule has 1 heterocycles. The first-order valence-electron chi connectivity index (χ1n) is 6.96. The van der Waals surface area contributed by atoms with Gasteiger partial charge in [-0.1, -0.05) is 0 Å². The molecule has 1 fully saturated rings. The smallest absolute Gasteiger partial charge is 0.191 e. The number of hydrogen-bond acceptors (Lipinski definition) is 3. The number of guanidine groups is 1. The predicted octanol–water partition coefficient (Wildman–Crippen LogP) is 1.86. The Labute approximate surface area is 139 Å². The Morgan fingerprint density at radius 1 is 1.42 bits per heavy atom. The van der Waals surface area contributed by atoms with Crippen LogP contribution in [0.3, 0.4) is 0 Å². The second-order valence-electron chi connectivity index (χ2n) is 4.91. The zero-order valence-electron chi connectivity index (χ0n) is 12.4. The minimum absolute atomic E-state index is 0. The van der Waals surface area contributed by atoms with Gasteiger partial charge in [0.15, 0.2) is 5.96 Å². The Balaban J connectivity index is 0.00000324. The van der Waals surface area contributed by atoms with Gasteiger partial charge in [-0.05, 0) is 45.5 Å². The molecule has 4 nitrogen and oxygen atoms in total. The van der Waals surface area contributed by atoms with Crippen LogP contribution in [0.15, 0.2) is 4.99 Å². The van der Waals surface area contributed by atoms with Gasteiger partial charge in [-0.25, -0.2) is 0 Å². The molecule has 1 unspecified atom stereocenters. The quantitative estimate of drug-likeness (QED) is 0.309. The Kier molecular flexibility index (Phi) is 12.3. The molecule has 1 atom stereocenters. The molecular formula is C13H29IN4S. The number of rotatable bonds is 6. The van der Waals surface area contributed by atoms with E-state index in [-0.39, 0.29) is 24.0 Å². The van der Waals surface area contributed by atoms with Crippen LogP contribution in [0.4, 0.5) is 0 Å². The zero-order valence-corrected chi connectivity index (χ0v) is 15.6. The molecule has 2 N–H and O–H groups in total. The summed E-state index contributed by atoms with van der Waals surface area (Å²) in [6, 6.07) is 0. The van der Waals surface area contributed by atoms with E-state index in [1.165, 1.54) is 25.9 Å². The predicted molar refractivity (Wildman–Crippen MR) is 98.0 cm³/mol. The first kappa shape index (κ1) is 19.3. The van der Waals surface area contributed by atoms with Gasteiger partial charge >= 0.3 is 0 Å². The molecule has 114 valence electrons. The largest absolute Gasteiger partial charge is 0.357 e. The van der Waals surface area contributed by atoms with E-state index >= 15 is 0 Å². The zero-order chi connectivity index (χ0) is 13.2. The van der Waals surface area contributed by atoms with E-state index in [1.807, 2.05) is 11.8 Å². The summed E-state index contributed by atoms with van der Waals surface area (Å²) in [6.07, 6.45) is 4.76. The molecule has 1 rings (SSSR count). The summed E-state index contributed by atoms with van der Waals surface area (Å²) in [6.45, 7) is 7.40. The number of thioether (sulfide) groups is 1. The molecular weight excluding hydrogens is 371 g/mol. The van der Waals surface area contributed by atoms with Crippen LogP contribution >= 0.6 is 35.7 Å². The van der Waals surface area contributed by atoms with Gasteiger partial charge < -0.3 is 15.5 Å². The average Bonchev–Trinajstić information content (AvgIpc) is 2.36. The summed E-state index contributed by atoms with van der Waals surface area (Å²) in [5.41, 5.74) is 0. The SMILES string of the molecule is CCNC(=NCC1CCCN(C)C1)NCCSC.I. The molecule has 0 aromatic heterocycles. The molecule has 0 amide bonds. The molecule has 0 bridgehead atoms. The summed E-state index contributed by atoms with van der Waals surface area (Å²) >= 11 is 1.86. The fourth-order valence-corrected chi connectivity index (χ4v) is 2.56. The standard InChI is InChI=1S/C13H28N4S.HI/c1-4-14-13(15-7-9-18-3)16-10-12-6-5-8-17(2)11-12;/h12H,4-11H2,1-3H3,(H2,14,15,16);1H. The van der Waals surface area contributed by atoms with E-state index in [1.54, 1.807) is 0 Å². The third-order valence-corrected chi connectivity index (χ3v) is 3.78. The van der Waals surface area contributed by atoms with Gasteiger partial charge in [-0.15, -0.1) is 24.0 Å². The van der Waals surface area contributed by atoms with Crippen LogP contribution in [0, 0.1) is 5.92 Å². The fourth-order valence-electron chi connectivity index (χ4n) is 2.26. The maximum atomic E-state index is 4.70. The minimum atomic E-state index is 0. The van der Waals surface area contributed by atoms with Crippen molar-refractivity contribution in [1.29, 1.82) is 0 Å². The first-order valence-corrected chi connectivity index (χ1v) is 8.35. The van der Waals surface area contributed by atoms with Crippen molar-refractivity contribution in [3.05, 3.63) is 0 Å². The summed E-state index contributed by atoms with van der Waals surface area (Å²) in [5.74, 6) is 2.82. The van der Waals surface area contributed by atoms with Crippen LogP contribution in [0.5, 0.6) is 0 Å². The summed E-state index contributed by atoms with van der Waals surface area (Å²) in [7, 11) is 2.21. The molecule has 0 aromatic rings. The number of hydrogen-bond donors (Lipinski definition) is 2. The molecule has 1 aliphatic heterocycles. The van der Waals surface area contributed by atoms with Crippen molar-refractivity contribution in [2.75, 3.05) is 51.8 Å². The lowest BCUT2D eigenvalue weighted by atomic mass is 9.99. The van der Waals surface area contributed by atoms with Gasteiger partial charge in [0.05, 0.1) is 0 Å². The lowest BCUT2D eigenvalue weighted by molar-refractivity contribution is 0.214. The van der Waals surface area contributed by atoms with Crippen LogP contribution in [0.1, 0.15) is 19.8 Å². The maximum Gasteiger partial charge on any atom is 0.191 e. The molecule has 6 heteroatoms. The molecule has 0 spiro atoms. The first-order chi connectivity index (χ1) is 8.76. The normalized spacial score (nSPS) is 20.8. The van der Waals surface area contributed by atoms with Crippen molar-refractivity contribution in [3.8, 4) is 0 Å². The Morgan fingerprint density at radius 3 is 2.84 bits per heavy atom. The van der Waals surface area contributed by atoms with E-state index in [9.17, 15) is 0 Å². The number of nitrogens with zero attached hydrogens (tertiary/aromatic N) is 2. The van der Waals surface area contributed by atoms with E-state index in [0.717, 1.165) is 37.3 Å². The Morgan fingerprint density at radius 2 is 2.21 bits per heavy atom. The second kappa shape index (κ2) is 12.1. The summed E-state index contributed by atoms with van der Waals surface area (Å²) in [4.78, 5) is 7.12. The molecule has 0 aliphatic carbocycles. The fraction of sp³-hybridized carbons (Fsp3) is 0.923. The summed E-state index contributed by atoms with van der Waals surface area (Å²) < 4.78 is 0. The third-order valence-electron chi connectivity index (χ3n) is 3.17. The molecule has 1 saturated heterocycles. The number of piperidine rings is 1. The van der Waals surface area contributed by atoms with E-state index in [4.69, 9.17) is 4.99 Å². The average molecular weight is 400 g/mol. The minimum Gasteiger partial charge on any atom is -0.357 e. The van der Waals surface area contributed by atoms with Crippen LogP contribution < -0.4 is 10.6 Å². The Bertz CT molecular complexity index is 251. The van der Waals surface area contributed by atoms with Crippen molar-refractivity contribution in [2.45, 2.75) is 19.8 Å². The number of likely N-dealkylation sites (tertiary alicyclic amines) is 1. The van der Waals surface area contributed by atoms with Crippen LogP contribution in [-0.4, -0.2) is 62.6 Å². The number of aliphatic imine (C=N–C) groups is 1. The Hall–Kier alpha value is 0.310. The van der Waals surface area contributed by atoms with Gasteiger partial charge in [-0.2, -0.15) is 11.8 Å². The van der Waals surface area contributed by atoms with Gasteiger partial charge in [0.2, 0.25) is 0 Å². The molecule has 0 aromatic carbocycles. The van der Waals surface area contributed by atoms with E-state index < -0.39 is 0 Å². The van der Waals surface area contributed by atoms with Gasteiger partial charge in [-0.3, -0.25) is 4.99 Å². The highest BCUT2D eigenvalue weighted by Crippen LogP contribution is 2.14. The van der Waals surface area contributed by atoms with Gasteiger partial charge in [0.1, 0.15) is 0 Å². The van der Waals surface area contributed by atoms with Crippen molar-refractivity contribution in [3.63, 3.8) is 0 Å². The van der Waals surface area contributed by atoms with Crippen molar-refractivity contribution in [1.82, 2.24) is 15.5 Å². The lowest BCUT2D eigenvalue weighted by Crippen LogP contribution is -2.39. The highest BCUT2D eigenvalue weighted by molar-refractivity contribution is 14.0. The molecule has 1 aliphatic rings. The van der Waals surface area contributed by atoms with Gasteiger partial charge in [0.25, 0.3) is 0 Å². The van der Waals surface area contributed by atoms with E-state index in [2.05, 4.69) is 35.8 Å². The monoisotopic (exact) mass is 400 g/mol. The van der Waals surface area contributed by atoms with Crippen molar-refractivity contribution < 1.29 is 0 Å². The van der Waals surface area contributed by atoms with Gasteiger partial charge in [0, 0.05) is 31.9 Å². The molecule has 0 radical (unpaired) electrons. The number of halogens is 1. The lowest BCUT2D eigenvalue weighted by Gasteiger charge is -2.28. The second-order valence-corrected chi connectivity index (χ2v) is 5.90. The topological polar surface area (TPSA) is 39.7 Å². The summed E-state index contributed by atoms with van der Waals surface area (Å²) in [5, 5.41) is 6.69. The molecule has 19 heavy (non-hydrogen) atoms.